The Morgan fingerprint density at radius 3 is 3.00 bits per heavy atom. The number of likely N-dealkylation sites (tertiary alicyclic amines) is 1. The molecular weight excluding hydrogens is 294 g/mol. The van der Waals surface area contributed by atoms with Crippen LogP contribution in [0.5, 0.6) is 0 Å². The summed E-state index contributed by atoms with van der Waals surface area (Å²) >= 11 is 0. The first-order valence-corrected chi connectivity index (χ1v) is 8.16. The van der Waals surface area contributed by atoms with Crippen molar-refractivity contribution in [3.8, 4) is 0 Å². The molecular formula is C16H23N5O2. The number of ether oxygens (including phenoxy) is 1. The fourth-order valence-electron chi connectivity index (χ4n) is 3.07. The average molecular weight is 317 g/mol. The van der Waals surface area contributed by atoms with E-state index >= 15 is 0 Å². The molecule has 0 N–H and O–H groups in total. The van der Waals surface area contributed by atoms with Crippen LogP contribution < -0.4 is 0 Å². The zero-order valence-electron chi connectivity index (χ0n) is 13.9. The molecule has 7 heteroatoms. The molecule has 2 aromatic rings. The van der Waals surface area contributed by atoms with Gasteiger partial charge >= 0.3 is 0 Å². The molecule has 1 saturated heterocycles. The third-order valence-corrected chi connectivity index (χ3v) is 4.10. The summed E-state index contributed by atoms with van der Waals surface area (Å²) in [5.74, 6) is 1.13. The summed E-state index contributed by atoms with van der Waals surface area (Å²) in [5.41, 5.74) is 1.86. The molecule has 3 rings (SSSR count). The molecule has 1 fully saturated rings. The van der Waals surface area contributed by atoms with E-state index in [0.29, 0.717) is 24.8 Å². The second-order valence-corrected chi connectivity index (χ2v) is 6.01. The lowest BCUT2D eigenvalue weighted by atomic mass is 10.1. The van der Waals surface area contributed by atoms with Crippen LogP contribution in [-0.2, 0) is 16.0 Å². The number of hydrogen-bond acceptors (Lipinski definition) is 5. The van der Waals surface area contributed by atoms with Crippen molar-refractivity contribution in [3.05, 3.63) is 23.3 Å². The van der Waals surface area contributed by atoms with Gasteiger partial charge in [-0.25, -0.2) is 9.50 Å². The van der Waals surface area contributed by atoms with Crippen LogP contribution in [0.4, 0.5) is 0 Å². The van der Waals surface area contributed by atoms with Crippen LogP contribution in [-0.4, -0.2) is 56.2 Å². The van der Waals surface area contributed by atoms with Gasteiger partial charge in [0.2, 0.25) is 5.91 Å². The van der Waals surface area contributed by atoms with Gasteiger partial charge in [-0.15, -0.1) is 5.10 Å². The molecule has 3 heterocycles. The van der Waals surface area contributed by atoms with Crippen LogP contribution in [0.3, 0.4) is 0 Å². The van der Waals surface area contributed by atoms with Crippen molar-refractivity contribution in [2.24, 2.45) is 0 Å². The van der Waals surface area contributed by atoms with Crippen molar-refractivity contribution in [1.29, 1.82) is 0 Å². The van der Waals surface area contributed by atoms with Gasteiger partial charge in [0.25, 0.3) is 5.78 Å². The van der Waals surface area contributed by atoms with E-state index in [9.17, 15) is 4.79 Å². The minimum absolute atomic E-state index is 0.0553. The Balaban J connectivity index is 1.71. The zero-order chi connectivity index (χ0) is 16.4. The number of aromatic nitrogens is 4. The molecule has 1 unspecified atom stereocenters. The summed E-state index contributed by atoms with van der Waals surface area (Å²) < 4.78 is 7.34. The predicted molar refractivity (Wildman–Crippen MR) is 85.2 cm³/mol. The largest absolute Gasteiger partial charge is 0.377 e. The Morgan fingerprint density at radius 1 is 1.39 bits per heavy atom. The number of nitrogens with zero attached hydrogens (tertiary/aromatic N) is 5. The van der Waals surface area contributed by atoms with Crippen molar-refractivity contribution in [2.45, 2.75) is 46.1 Å². The van der Waals surface area contributed by atoms with E-state index in [1.54, 1.807) is 4.52 Å². The molecule has 0 saturated carbocycles. The molecule has 0 bridgehead atoms. The van der Waals surface area contributed by atoms with Crippen molar-refractivity contribution in [1.82, 2.24) is 24.5 Å². The van der Waals surface area contributed by atoms with E-state index in [4.69, 9.17) is 4.74 Å². The van der Waals surface area contributed by atoms with Gasteiger partial charge in [-0.3, -0.25) is 4.79 Å². The molecule has 2 aromatic heterocycles. The summed E-state index contributed by atoms with van der Waals surface area (Å²) in [5, 5.41) is 4.41. The standard InChI is InChI=1S/C16H23N5O2/c1-4-23-13-6-5-7-20(10-13)15(22)9-14-18-16-17-11(2)8-12(3)21(16)19-14/h8,13H,4-7,9-10H2,1-3H3. The Hall–Kier alpha value is -2.02. The van der Waals surface area contributed by atoms with Crippen molar-refractivity contribution < 1.29 is 9.53 Å². The van der Waals surface area contributed by atoms with Gasteiger partial charge in [0.15, 0.2) is 5.82 Å². The van der Waals surface area contributed by atoms with Gasteiger partial charge in [0.1, 0.15) is 0 Å². The lowest BCUT2D eigenvalue weighted by molar-refractivity contribution is -0.134. The Bertz CT molecular complexity index is 710. The molecule has 0 radical (unpaired) electrons. The van der Waals surface area contributed by atoms with Gasteiger partial charge in [-0.05, 0) is 39.7 Å². The fraction of sp³-hybridized carbons (Fsp3) is 0.625. The van der Waals surface area contributed by atoms with E-state index in [1.165, 1.54) is 0 Å². The summed E-state index contributed by atoms with van der Waals surface area (Å²) in [6.07, 6.45) is 2.36. The van der Waals surface area contributed by atoms with Crippen molar-refractivity contribution in [3.63, 3.8) is 0 Å². The molecule has 7 nitrogen and oxygen atoms in total. The number of carbonyl (C=O) groups is 1. The van der Waals surface area contributed by atoms with Crippen LogP contribution in [0, 0.1) is 13.8 Å². The number of aryl methyl sites for hydroxylation is 2. The lowest BCUT2D eigenvalue weighted by Crippen LogP contribution is -2.44. The summed E-state index contributed by atoms with van der Waals surface area (Å²) in [4.78, 5) is 23.1. The molecule has 1 aliphatic heterocycles. The lowest BCUT2D eigenvalue weighted by Gasteiger charge is -2.32. The Kier molecular flexibility index (Phi) is 4.56. The summed E-state index contributed by atoms with van der Waals surface area (Å²) in [6.45, 7) is 8.00. The van der Waals surface area contributed by atoms with Crippen molar-refractivity contribution >= 4 is 11.7 Å². The summed E-state index contributed by atoms with van der Waals surface area (Å²) in [7, 11) is 0. The highest BCUT2D eigenvalue weighted by Gasteiger charge is 2.25. The predicted octanol–water partition coefficient (Wildman–Crippen LogP) is 1.31. The van der Waals surface area contributed by atoms with E-state index < -0.39 is 0 Å². The number of fused-ring (bicyclic) bond motifs is 1. The van der Waals surface area contributed by atoms with Gasteiger partial charge in [-0.1, -0.05) is 0 Å². The third-order valence-electron chi connectivity index (χ3n) is 4.10. The first kappa shape index (κ1) is 15.9. The molecule has 0 spiro atoms. The molecule has 23 heavy (non-hydrogen) atoms. The molecule has 124 valence electrons. The molecule has 0 aliphatic carbocycles. The number of piperidine rings is 1. The van der Waals surface area contributed by atoms with Crippen LogP contribution >= 0.6 is 0 Å². The second kappa shape index (κ2) is 6.62. The third kappa shape index (κ3) is 3.50. The highest BCUT2D eigenvalue weighted by Crippen LogP contribution is 2.14. The summed E-state index contributed by atoms with van der Waals surface area (Å²) in [6, 6.07) is 1.95. The SMILES string of the molecule is CCOC1CCCN(C(=O)Cc2nc3nc(C)cc(C)n3n2)C1. The molecule has 1 atom stereocenters. The normalized spacial score (nSPS) is 18.6. The van der Waals surface area contributed by atoms with Crippen LogP contribution in [0.1, 0.15) is 37.0 Å². The smallest absolute Gasteiger partial charge is 0.252 e. The highest BCUT2D eigenvalue weighted by atomic mass is 16.5. The maximum atomic E-state index is 12.5. The Morgan fingerprint density at radius 2 is 2.22 bits per heavy atom. The number of amides is 1. The number of hydrogen-bond donors (Lipinski definition) is 0. The first-order valence-electron chi connectivity index (χ1n) is 8.16. The quantitative estimate of drug-likeness (QED) is 0.850. The van der Waals surface area contributed by atoms with Crippen LogP contribution in [0.25, 0.3) is 5.78 Å². The van der Waals surface area contributed by atoms with Gasteiger partial charge in [-0.2, -0.15) is 4.98 Å². The average Bonchev–Trinajstić information content (AvgIpc) is 2.90. The topological polar surface area (TPSA) is 72.6 Å². The minimum Gasteiger partial charge on any atom is -0.377 e. The maximum absolute atomic E-state index is 12.5. The molecule has 0 aromatic carbocycles. The van der Waals surface area contributed by atoms with E-state index in [0.717, 1.165) is 30.8 Å². The fourth-order valence-corrected chi connectivity index (χ4v) is 3.07. The van der Waals surface area contributed by atoms with Crippen LogP contribution in [0.15, 0.2) is 6.07 Å². The zero-order valence-corrected chi connectivity index (χ0v) is 13.9. The number of carbonyl (C=O) groups excluding carboxylic acids is 1. The highest BCUT2D eigenvalue weighted by molar-refractivity contribution is 5.78. The van der Waals surface area contributed by atoms with E-state index in [-0.39, 0.29) is 18.4 Å². The van der Waals surface area contributed by atoms with E-state index in [2.05, 4.69) is 15.1 Å². The van der Waals surface area contributed by atoms with Crippen LogP contribution in [0.2, 0.25) is 0 Å². The van der Waals surface area contributed by atoms with Gasteiger partial charge < -0.3 is 9.64 Å². The van der Waals surface area contributed by atoms with Gasteiger partial charge in [0, 0.05) is 31.1 Å². The minimum atomic E-state index is 0.0553. The van der Waals surface area contributed by atoms with E-state index in [1.807, 2.05) is 31.7 Å². The second-order valence-electron chi connectivity index (χ2n) is 6.01. The first-order chi connectivity index (χ1) is 11.1. The maximum Gasteiger partial charge on any atom is 0.252 e. The van der Waals surface area contributed by atoms with Gasteiger partial charge in [0.05, 0.1) is 12.5 Å². The molecule has 1 amide bonds. The molecule has 1 aliphatic rings. The Labute approximate surface area is 135 Å². The monoisotopic (exact) mass is 317 g/mol. The van der Waals surface area contributed by atoms with Crippen molar-refractivity contribution in [2.75, 3.05) is 19.7 Å². The number of rotatable bonds is 4.